The van der Waals surface area contributed by atoms with Crippen molar-refractivity contribution in [3.63, 3.8) is 0 Å². The average molecular weight is 329 g/mol. The Morgan fingerprint density at radius 2 is 1.87 bits per heavy atom. The van der Waals surface area contributed by atoms with Crippen LogP contribution in [0, 0.1) is 6.92 Å². The summed E-state index contributed by atoms with van der Waals surface area (Å²) in [4.78, 5) is 26.2. The number of rotatable bonds is 3. The van der Waals surface area contributed by atoms with E-state index < -0.39 is 0 Å². The number of hydrogen-bond donors (Lipinski definition) is 1. The zero-order valence-corrected chi connectivity index (χ0v) is 13.5. The monoisotopic (exact) mass is 328 g/mol. The maximum absolute atomic E-state index is 12.4. The van der Waals surface area contributed by atoms with E-state index in [-0.39, 0.29) is 17.9 Å². The Morgan fingerprint density at radius 1 is 1.17 bits per heavy atom. The van der Waals surface area contributed by atoms with Crippen LogP contribution in [-0.4, -0.2) is 24.4 Å². The minimum atomic E-state index is -0.190. The fraction of sp³-hybridized carbons (Fsp3) is 0.222. The van der Waals surface area contributed by atoms with Gasteiger partial charge in [-0.25, -0.2) is 0 Å². The summed E-state index contributed by atoms with van der Waals surface area (Å²) in [7, 11) is 0. The van der Waals surface area contributed by atoms with E-state index in [4.69, 9.17) is 11.6 Å². The van der Waals surface area contributed by atoms with Crippen molar-refractivity contribution in [2.75, 3.05) is 11.4 Å². The number of aryl methyl sites for hydroxylation is 1. The first kappa shape index (κ1) is 15.6. The fourth-order valence-electron chi connectivity index (χ4n) is 2.77. The lowest BCUT2D eigenvalue weighted by Gasteiger charge is -2.17. The van der Waals surface area contributed by atoms with E-state index >= 15 is 0 Å². The molecule has 2 aromatic carbocycles. The third-order valence-electron chi connectivity index (χ3n) is 3.99. The predicted molar refractivity (Wildman–Crippen MR) is 90.9 cm³/mol. The molecule has 3 rings (SSSR count). The molecule has 0 aliphatic carbocycles. The van der Waals surface area contributed by atoms with E-state index in [1.807, 2.05) is 37.3 Å². The first-order valence-corrected chi connectivity index (χ1v) is 7.85. The molecule has 23 heavy (non-hydrogen) atoms. The molecule has 1 fully saturated rings. The smallest absolute Gasteiger partial charge is 0.251 e. The lowest BCUT2D eigenvalue weighted by molar-refractivity contribution is -0.117. The highest BCUT2D eigenvalue weighted by molar-refractivity contribution is 6.30. The second-order valence-corrected chi connectivity index (χ2v) is 6.11. The molecule has 0 bridgehead atoms. The summed E-state index contributed by atoms with van der Waals surface area (Å²) >= 11 is 5.87. The molecule has 2 amide bonds. The Hall–Kier alpha value is -2.33. The third kappa shape index (κ3) is 3.37. The Morgan fingerprint density at radius 3 is 2.57 bits per heavy atom. The van der Waals surface area contributed by atoms with Gasteiger partial charge in [0.15, 0.2) is 0 Å². The van der Waals surface area contributed by atoms with Crippen LogP contribution in [-0.2, 0) is 4.79 Å². The first-order valence-electron chi connectivity index (χ1n) is 7.47. The molecule has 0 saturated carbocycles. The molecule has 1 aliphatic rings. The lowest BCUT2D eigenvalue weighted by Crippen LogP contribution is -2.37. The van der Waals surface area contributed by atoms with Gasteiger partial charge in [-0.3, -0.25) is 9.59 Å². The Kier molecular flexibility index (Phi) is 4.35. The van der Waals surface area contributed by atoms with Crippen LogP contribution in [0.2, 0.25) is 5.02 Å². The Bertz CT molecular complexity index is 743. The average Bonchev–Trinajstić information content (AvgIpc) is 2.89. The summed E-state index contributed by atoms with van der Waals surface area (Å²) in [5.41, 5.74) is 2.36. The molecule has 1 atom stereocenters. The van der Waals surface area contributed by atoms with E-state index in [9.17, 15) is 9.59 Å². The minimum absolute atomic E-state index is 0.00223. The number of carbonyl (C=O) groups excluding carboxylic acids is 2. The molecule has 1 saturated heterocycles. The maximum Gasteiger partial charge on any atom is 0.251 e. The van der Waals surface area contributed by atoms with Gasteiger partial charge in [-0.15, -0.1) is 0 Å². The molecule has 1 heterocycles. The predicted octanol–water partition coefficient (Wildman–Crippen LogP) is 3.18. The fourth-order valence-corrected chi connectivity index (χ4v) is 2.89. The molecule has 0 radical (unpaired) electrons. The van der Waals surface area contributed by atoms with Crippen molar-refractivity contribution in [1.29, 1.82) is 0 Å². The Balaban J connectivity index is 1.69. The van der Waals surface area contributed by atoms with Gasteiger partial charge in [0, 0.05) is 29.2 Å². The topological polar surface area (TPSA) is 49.4 Å². The SMILES string of the molecule is Cc1ccccc1C(=O)NC1CC(=O)N(c2ccc(Cl)cc2)C1. The summed E-state index contributed by atoms with van der Waals surface area (Å²) in [6.45, 7) is 2.37. The maximum atomic E-state index is 12.4. The summed E-state index contributed by atoms with van der Waals surface area (Å²) in [5, 5.41) is 3.58. The van der Waals surface area contributed by atoms with Crippen molar-refractivity contribution < 1.29 is 9.59 Å². The van der Waals surface area contributed by atoms with Gasteiger partial charge in [0.1, 0.15) is 0 Å². The van der Waals surface area contributed by atoms with Gasteiger partial charge >= 0.3 is 0 Å². The number of hydrogen-bond acceptors (Lipinski definition) is 2. The number of anilines is 1. The summed E-state index contributed by atoms with van der Waals surface area (Å²) in [6, 6.07) is 14.4. The normalized spacial score (nSPS) is 17.4. The zero-order chi connectivity index (χ0) is 16.4. The van der Waals surface area contributed by atoms with Crippen LogP contribution in [0.5, 0.6) is 0 Å². The number of nitrogens with zero attached hydrogens (tertiary/aromatic N) is 1. The van der Waals surface area contributed by atoms with Gasteiger partial charge in [0.05, 0.1) is 6.04 Å². The number of carbonyl (C=O) groups is 2. The van der Waals surface area contributed by atoms with Gasteiger partial charge in [-0.1, -0.05) is 29.8 Å². The van der Waals surface area contributed by atoms with Gasteiger partial charge in [-0.05, 0) is 42.8 Å². The molecule has 1 N–H and O–H groups in total. The molecular formula is C18H17ClN2O2. The first-order chi connectivity index (χ1) is 11.0. The highest BCUT2D eigenvalue weighted by Gasteiger charge is 2.31. The van der Waals surface area contributed by atoms with E-state index in [2.05, 4.69) is 5.32 Å². The second-order valence-electron chi connectivity index (χ2n) is 5.67. The van der Waals surface area contributed by atoms with Crippen LogP contribution < -0.4 is 10.2 Å². The number of nitrogens with one attached hydrogen (secondary N) is 1. The highest BCUT2D eigenvalue weighted by atomic mass is 35.5. The van der Waals surface area contributed by atoms with Crippen molar-refractivity contribution in [1.82, 2.24) is 5.32 Å². The molecule has 4 nitrogen and oxygen atoms in total. The van der Waals surface area contributed by atoms with Crippen molar-refractivity contribution >= 4 is 29.1 Å². The van der Waals surface area contributed by atoms with Crippen molar-refractivity contribution in [3.8, 4) is 0 Å². The number of benzene rings is 2. The summed E-state index contributed by atoms with van der Waals surface area (Å²) in [5.74, 6) is -0.138. The summed E-state index contributed by atoms with van der Waals surface area (Å²) < 4.78 is 0. The van der Waals surface area contributed by atoms with Crippen LogP contribution >= 0.6 is 11.6 Å². The minimum Gasteiger partial charge on any atom is -0.347 e. The highest BCUT2D eigenvalue weighted by Crippen LogP contribution is 2.23. The molecule has 1 aliphatic heterocycles. The molecule has 0 aromatic heterocycles. The second kappa shape index (κ2) is 6.42. The molecule has 0 spiro atoms. The molecular weight excluding hydrogens is 312 g/mol. The van der Waals surface area contributed by atoms with E-state index in [1.165, 1.54) is 0 Å². The van der Waals surface area contributed by atoms with E-state index in [1.54, 1.807) is 23.1 Å². The molecule has 118 valence electrons. The molecule has 2 aromatic rings. The lowest BCUT2D eigenvalue weighted by atomic mass is 10.1. The van der Waals surface area contributed by atoms with Gasteiger partial charge in [0.2, 0.25) is 5.91 Å². The van der Waals surface area contributed by atoms with Crippen LogP contribution in [0.3, 0.4) is 0 Å². The molecule has 1 unspecified atom stereocenters. The number of halogens is 1. The van der Waals surface area contributed by atoms with Crippen molar-refractivity contribution in [3.05, 3.63) is 64.7 Å². The standard InChI is InChI=1S/C18H17ClN2O2/c1-12-4-2-3-5-16(12)18(23)20-14-10-17(22)21(11-14)15-8-6-13(19)7-9-15/h2-9,14H,10-11H2,1H3,(H,20,23). The van der Waals surface area contributed by atoms with Crippen molar-refractivity contribution in [2.24, 2.45) is 0 Å². The van der Waals surface area contributed by atoms with Gasteiger partial charge in [0.25, 0.3) is 5.91 Å². The Labute approximate surface area is 140 Å². The van der Waals surface area contributed by atoms with Crippen LogP contribution in [0.25, 0.3) is 0 Å². The molecule has 5 heteroatoms. The van der Waals surface area contributed by atoms with Gasteiger partial charge < -0.3 is 10.2 Å². The van der Waals surface area contributed by atoms with Crippen LogP contribution in [0.4, 0.5) is 5.69 Å². The zero-order valence-electron chi connectivity index (χ0n) is 12.8. The van der Waals surface area contributed by atoms with Crippen molar-refractivity contribution in [2.45, 2.75) is 19.4 Å². The number of amides is 2. The quantitative estimate of drug-likeness (QED) is 0.940. The van der Waals surface area contributed by atoms with E-state index in [0.29, 0.717) is 23.6 Å². The third-order valence-corrected chi connectivity index (χ3v) is 4.24. The largest absolute Gasteiger partial charge is 0.347 e. The van der Waals surface area contributed by atoms with Crippen LogP contribution in [0.1, 0.15) is 22.3 Å². The van der Waals surface area contributed by atoms with Gasteiger partial charge in [-0.2, -0.15) is 0 Å². The van der Waals surface area contributed by atoms with E-state index in [0.717, 1.165) is 11.3 Å². The van der Waals surface area contributed by atoms with Crippen LogP contribution in [0.15, 0.2) is 48.5 Å². The summed E-state index contributed by atoms with van der Waals surface area (Å²) in [6.07, 6.45) is 0.306.